The Morgan fingerprint density at radius 1 is 0.730 bits per heavy atom. The molecule has 0 radical (unpaired) electrons. The average Bonchev–Trinajstić information content (AvgIpc) is 4.15. The van der Waals surface area contributed by atoms with Gasteiger partial charge in [-0.05, 0) is 92.3 Å². The number of likely N-dealkylation sites (N-methyl/N-ethyl adjacent to an activating group) is 1. The van der Waals surface area contributed by atoms with Gasteiger partial charge in [0, 0.05) is 73.1 Å². The fourth-order valence-corrected chi connectivity index (χ4v) is 9.20. The van der Waals surface area contributed by atoms with Crippen molar-refractivity contribution in [1.29, 1.82) is 0 Å². The molecule has 6 atom stereocenters. The lowest BCUT2D eigenvalue weighted by Gasteiger charge is -2.30. The van der Waals surface area contributed by atoms with E-state index in [-0.39, 0.29) is 62.2 Å². The molecule has 14 N–H and O–H groups in total. The van der Waals surface area contributed by atoms with E-state index in [4.69, 9.17) is 11.5 Å². The van der Waals surface area contributed by atoms with Gasteiger partial charge in [0.1, 0.15) is 42.0 Å². The number of hydrogen-bond acceptors (Lipinski definition) is 10. The number of para-hydroxylation sites is 2. The monoisotopic (exact) mass is 1020 g/mol. The van der Waals surface area contributed by atoms with Crippen LogP contribution in [-0.4, -0.2) is 135 Å². The number of phenols is 1. The van der Waals surface area contributed by atoms with Crippen molar-refractivity contribution in [3.05, 3.63) is 102 Å². The summed E-state index contributed by atoms with van der Waals surface area (Å²) in [7, 11) is 0. The molecule has 1 saturated heterocycles. The Hall–Kier alpha value is -7.94. The smallest absolute Gasteiger partial charge is 0.245 e. The number of aliphatic imine (C=N–C) groups is 1. The van der Waals surface area contributed by atoms with Gasteiger partial charge in [-0.3, -0.25) is 38.6 Å². The number of carbonyl (C=O) groups is 7. The van der Waals surface area contributed by atoms with E-state index in [0.29, 0.717) is 49.9 Å². The molecule has 5 aromatic rings. The maximum atomic E-state index is 14.8. The maximum absolute atomic E-state index is 14.8. The lowest BCUT2D eigenvalue weighted by molar-refractivity contribution is -0.142. The Balaban J connectivity index is 1.24. The third-order valence-corrected chi connectivity index (χ3v) is 13.0. The third-order valence-electron chi connectivity index (χ3n) is 13.0. The highest BCUT2D eigenvalue weighted by Crippen LogP contribution is 2.23. The summed E-state index contributed by atoms with van der Waals surface area (Å²) in [5.74, 6) is -4.70. The minimum Gasteiger partial charge on any atom is -0.508 e. The largest absolute Gasteiger partial charge is 0.508 e. The van der Waals surface area contributed by atoms with Crippen molar-refractivity contribution < 1.29 is 43.8 Å². The van der Waals surface area contributed by atoms with Crippen LogP contribution in [-0.2, 0) is 52.8 Å². The van der Waals surface area contributed by atoms with Crippen LogP contribution in [0.15, 0.2) is 90.2 Å². The highest BCUT2D eigenvalue weighted by Gasteiger charge is 2.39. The summed E-state index contributed by atoms with van der Waals surface area (Å²) in [5, 5.41) is 38.7. The number of aromatic nitrogens is 2. The highest BCUT2D eigenvalue weighted by atomic mass is 16.3. The molecule has 6 rings (SSSR count). The number of aliphatic hydroxyl groups is 1. The number of phenolic OH excluding ortho intramolecular Hbond substituents is 1. The number of nitrogens with one attached hydrogen (secondary N) is 8. The molecule has 1 fully saturated rings. The predicted octanol–water partition coefficient (Wildman–Crippen LogP) is 1.42. The fourth-order valence-electron chi connectivity index (χ4n) is 9.20. The van der Waals surface area contributed by atoms with Crippen LogP contribution in [0.2, 0.25) is 0 Å². The van der Waals surface area contributed by atoms with E-state index in [1.54, 1.807) is 25.3 Å². The molecule has 0 saturated carbocycles. The van der Waals surface area contributed by atoms with Crippen molar-refractivity contribution in [2.45, 2.75) is 115 Å². The van der Waals surface area contributed by atoms with Crippen LogP contribution in [0, 0.1) is 5.92 Å². The van der Waals surface area contributed by atoms with E-state index in [2.05, 4.69) is 46.9 Å². The van der Waals surface area contributed by atoms with Crippen LogP contribution in [0.25, 0.3) is 21.8 Å². The molecule has 1 aliphatic heterocycles. The second kappa shape index (κ2) is 26.7. The molecule has 0 aliphatic carbocycles. The van der Waals surface area contributed by atoms with E-state index in [9.17, 15) is 43.8 Å². The van der Waals surface area contributed by atoms with Gasteiger partial charge in [-0.25, -0.2) is 0 Å². The Labute approximate surface area is 429 Å². The van der Waals surface area contributed by atoms with Gasteiger partial charge in [0.25, 0.3) is 0 Å². The van der Waals surface area contributed by atoms with Crippen molar-refractivity contribution in [2.75, 3.05) is 26.2 Å². The molecule has 0 unspecified atom stereocenters. The summed E-state index contributed by atoms with van der Waals surface area (Å²) in [6, 6.07) is 13.7. The number of rotatable bonds is 26. The number of aromatic amines is 2. The van der Waals surface area contributed by atoms with E-state index < -0.39 is 78.3 Å². The van der Waals surface area contributed by atoms with E-state index in [0.717, 1.165) is 27.4 Å². The number of aromatic hydroxyl groups is 1. The molecular weight excluding hydrogens is 949 g/mol. The van der Waals surface area contributed by atoms with Gasteiger partial charge < -0.3 is 68.4 Å². The van der Waals surface area contributed by atoms with Gasteiger partial charge in [-0.2, -0.15) is 0 Å². The first-order valence-electron chi connectivity index (χ1n) is 25.2. The SMILES string of the molecule is CCNC(=O)[C@@H]1CCCN1C(=O)[C@H](CCCN=C(N)N)NC(=O)[C@H](CC(C)C)NC(=O)[C@@H](Cc1c[nH]c2ccccc12)NC(=O)[C@H](Cc1ccc(O)cc1)NC(=O)[C@H](CO)NC(=O)CCc1c[nH]c2ccccc12. The summed E-state index contributed by atoms with van der Waals surface area (Å²) in [4.78, 5) is 110. The molecule has 0 bridgehead atoms. The Morgan fingerprint density at radius 3 is 1.92 bits per heavy atom. The second-order valence-corrected chi connectivity index (χ2v) is 19.0. The van der Waals surface area contributed by atoms with Gasteiger partial charge >= 0.3 is 0 Å². The fraction of sp³-hybridized carbons (Fsp3) is 0.434. The van der Waals surface area contributed by atoms with E-state index in [1.807, 2.05) is 68.6 Å². The topological polar surface area (TPSA) is 331 Å². The van der Waals surface area contributed by atoms with E-state index in [1.165, 1.54) is 17.0 Å². The first-order chi connectivity index (χ1) is 35.5. The first kappa shape index (κ1) is 55.4. The number of amides is 7. The third kappa shape index (κ3) is 15.3. The van der Waals surface area contributed by atoms with Crippen LogP contribution in [0.5, 0.6) is 5.75 Å². The minimum atomic E-state index is -1.45. The number of aliphatic hydroxyl groups excluding tert-OH is 1. The van der Waals surface area contributed by atoms with Crippen LogP contribution >= 0.6 is 0 Å². The Bertz CT molecular complexity index is 2770. The number of guanidine groups is 1. The zero-order valence-electron chi connectivity index (χ0n) is 42.1. The summed E-state index contributed by atoms with van der Waals surface area (Å²) in [5.41, 5.74) is 14.8. The van der Waals surface area contributed by atoms with Gasteiger partial charge in [0.05, 0.1) is 6.61 Å². The molecule has 21 nitrogen and oxygen atoms in total. The van der Waals surface area contributed by atoms with Gasteiger partial charge in [-0.1, -0.05) is 62.4 Å². The minimum absolute atomic E-state index is 0.00340. The zero-order valence-corrected chi connectivity index (χ0v) is 42.1. The van der Waals surface area contributed by atoms with Crippen LogP contribution in [0.4, 0.5) is 0 Å². The van der Waals surface area contributed by atoms with Crippen LogP contribution in [0.3, 0.4) is 0 Å². The molecule has 3 aromatic carbocycles. The van der Waals surface area contributed by atoms with Crippen molar-refractivity contribution in [3.8, 4) is 5.75 Å². The molecule has 7 amide bonds. The number of benzene rings is 3. The summed E-state index contributed by atoms with van der Waals surface area (Å²) < 4.78 is 0. The summed E-state index contributed by atoms with van der Waals surface area (Å²) in [6.07, 6.45) is 5.23. The maximum Gasteiger partial charge on any atom is 0.245 e. The number of nitrogens with zero attached hydrogens (tertiary/aromatic N) is 2. The number of H-pyrrole nitrogens is 2. The Morgan fingerprint density at radius 2 is 1.30 bits per heavy atom. The van der Waals surface area contributed by atoms with Crippen molar-refractivity contribution in [3.63, 3.8) is 0 Å². The molecule has 3 heterocycles. The standard InChI is InChI=1S/C53H70N12O9/c1-4-56-51(73)45-16-10-24-65(45)52(74)40(15-9-23-57-53(54)55)61-47(69)41(25-31(2)3)62-49(71)43(27-34-29-59-39-14-8-6-12-37(34)39)64-48(70)42(26-32-17-20-35(67)21-18-32)63-50(72)44(30-66)60-46(68)22-19-33-28-58-38-13-7-5-11-36(33)38/h5-8,11-14,17-18,20-21,28-29,31,40-45,58-59,66-67H,4,9-10,15-16,19,22-27,30H2,1-3H3,(H,56,73)(H,60,68)(H,61,69)(H,62,71)(H,63,72)(H,64,70)(H4,54,55,57)/t40-,41-,42-,43+,44-,45-/m0/s1. The van der Waals surface area contributed by atoms with Crippen LogP contribution in [0.1, 0.15) is 76.0 Å². The second-order valence-electron chi connectivity index (χ2n) is 19.0. The van der Waals surface area contributed by atoms with Crippen LogP contribution < -0.4 is 43.4 Å². The first-order valence-corrected chi connectivity index (χ1v) is 25.2. The quantitative estimate of drug-likeness (QED) is 0.0214. The number of hydrogen-bond donors (Lipinski definition) is 12. The Kier molecular flexibility index (Phi) is 20.0. The molecule has 2 aromatic heterocycles. The summed E-state index contributed by atoms with van der Waals surface area (Å²) in [6.45, 7) is 5.56. The number of aryl methyl sites for hydroxylation is 1. The predicted molar refractivity (Wildman–Crippen MR) is 280 cm³/mol. The lowest BCUT2D eigenvalue weighted by Crippen LogP contribution is -2.60. The molecular formula is C53H70N12O9. The van der Waals surface area contributed by atoms with Gasteiger partial charge in [0.15, 0.2) is 5.96 Å². The number of likely N-dealkylation sites (tertiary alicyclic amines) is 1. The number of fused-ring (bicyclic) bond motifs is 2. The van der Waals surface area contributed by atoms with E-state index >= 15 is 0 Å². The van der Waals surface area contributed by atoms with Gasteiger partial charge in [-0.15, -0.1) is 0 Å². The van der Waals surface area contributed by atoms with Crippen molar-refractivity contribution >= 4 is 69.1 Å². The molecule has 0 spiro atoms. The molecule has 1 aliphatic rings. The van der Waals surface area contributed by atoms with Gasteiger partial charge in [0.2, 0.25) is 41.4 Å². The number of carbonyl (C=O) groups excluding carboxylic acids is 7. The highest BCUT2D eigenvalue weighted by molar-refractivity contribution is 5.98. The molecule has 21 heteroatoms. The van der Waals surface area contributed by atoms with Crippen molar-refractivity contribution in [1.82, 2.24) is 46.8 Å². The normalized spacial score (nSPS) is 15.4. The van der Waals surface area contributed by atoms with Crippen molar-refractivity contribution in [2.24, 2.45) is 22.4 Å². The molecule has 74 heavy (non-hydrogen) atoms. The zero-order chi connectivity index (χ0) is 53.3. The average molecular weight is 1020 g/mol. The summed E-state index contributed by atoms with van der Waals surface area (Å²) >= 11 is 0. The lowest BCUT2D eigenvalue weighted by atomic mass is 9.99. The molecule has 396 valence electrons. The number of nitrogens with two attached hydrogens (primary N) is 2.